The molecule has 0 unspecified atom stereocenters. The second-order valence-corrected chi connectivity index (χ2v) is 4.68. The quantitative estimate of drug-likeness (QED) is 0.806. The number of hydrogen-bond donors (Lipinski definition) is 2. The van der Waals surface area contributed by atoms with Crippen LogP contribution in [-0.2, 0) is 5.41 Å². The van der Waals surface area contributed by atoms with Crippen LogP contribution in [0.5, 0.6) is 5.75 Å². The van der Waals surface area contributed by atoms with E-state index in [-0.39, 0.29) is 12.0 Å². The Morgan fingerprint density at radius 2 is 1.69 bits per heavy atom. The number of benzene rings is 2. The van der Waals surface area contributed by atoms with Crippen LogP contribution in [0.3, 0.4) is 0 Å². The standard InChI is InChI=1S/C14H14O2/c15-9-14(5-6-14)12-3-1-11-8-13(16)4-2-10(11)7-12/h1-4,7-8,15-16H,5-6,9H2. The van der Waals surface area contributed by atoms with Crippen molar-refractivity contribution in [1.82, 2.24) is 0 Å². The zero-order valence-corrected chi connectivity index (χ0v) is 8.98. The minimum atomic E-state index is 0.0199. The Hall–Kier alpha value is -1.54. The van der Waals surface area contributed by atoms with E-state index in [1.807, 2.05) is 12.1 Å². The number of hydrogen-bond acceptors (Lipinski definition) is 2. The van der Waals surface area contributed by atoms with Crippen LogP contribution < -0.4 is 0 Å². The third-order valence-electron chi connectivity index (χ3n) is 3.59. The average molecular weight is 214 g/mol. The van der Waals surface area contributed by atoms with E-state index >= 15 is 0 Å². The molecule has 0 spiro atoms. The summed E-state index contributed by atoms with van der Waals surface area (Å²) < 4.78 is 0. The van der Waals surface area contributed by atoms with Crippen LogP contribution in [0, 0.1) is 0 Å². The van der Waals surface area contributed by atoms with Gasteiger partial charge in [-0.25, -0.2) is 0 Å². The lowest BCUT2D eigenvalue weighted by Gasteiger charge is -2.12. The molecule has 0 radical (unpaired) electrons. The lowest BCUT2D eigenvalue weighted by Crippen LogP contribution is -2.11. The fraction of sp³-hybridized carbons (Fsp3) is 0.286. The molecule has 0 saturated heterocycles. The van der Waals surface area contributed by atoms with Crippen LogP contribution in [0.1, 0.15) is 18.4 Å². The molecule has 2 heteroatoms. The lowest BCUT2D eigenvalue weighted by molar-refractivity contribution is 0.255. The van der Waals surface area contributed by atoms with E-state index in [0.29, 0.717) is 5.75 Å². The summed E-state index contributed by atoms with van der Waals surface area (Å²) in [6.45, 7) is 0.233. The zero-order valence-electron chi connectivity index (χ0n) is 8.98. The second-order valence-electron chi connectivity index (χ2n) is 4.68. The van der Waals surface area contributed by atoms with Gasteiger partial charge in [-0.3, -0.25) is 0 Å². The Balaban J connectivity index is 2.13. The molecule has 2 N–H and O–H groups in total. The number of rotatable bonds is 2. The molecule has 0 amide bonds. The van der Waals surface area contributed by atoms with E-state index < -0.39 is 0 Å². The number of aromatic hydroxyl groups is 1. The summed E-state index contributed by atoms with van der Waals surface area (Å²) in [5.41, 5.74) is 1.24. The maximum atomic E-state index is 9.39. The molecule has 2 aromatic carbocycles. The fourth-order valence-electron chi connectivity index (χ4n) is 2.25. The van der Waals surface area contributed by atoms with Gasteiger partial charge in [0.2, 0.25) is 0 Å². The van der Waals surface area contributed by atoms with Gasteiger partial charge in [-0.2, -0.15) is 0 Å². The Kier molecular flexibility index (Phi) is 1.95. The molecule has 1 aliphatic rings. The van der Waals surface area contributed by atoms with Crippen LogP contribution in [0.2, 0.25) is 0 Å². The molecule has 2 aromatic rings. The largest absolute Gasteiger partial charge is 0.508 e. The van der Waals surface area contributed by atoms with Crippen molar-refractivity contribution in [2.24, 2.45) is 0 Å². The van der Waals surface area contributed by atoms with Gasteiger partial charge < -0.3 is 10.2 Å². The van der Waals surface area contributed by atoms with E-state index in [2.05, 4.69) is 12.1 Å². The van der Waals surface area contributed by atoms with Gasteiger partial charge in [0, 0.05) is 5.41 Å². The molecule has 0 bridgehead atoms. The first-order valence-corrected chi connectivity index (χ1v) is 5.58. The number of phenolic OH excluding ortho intramolecular Hbond substituents is 1. The topological polar surface area (TPSA) is 40.5 Å². The van der Waals surface area contributed by atoms with E-state index in [4.69, 9.17) is 0 Å². The van der Waals surface area contributed by atoms with E-state index in [9.17, 15) is 10.2 Å². The van der Waals surface area contributed by atoms with Crippen molar-refractivity contribution in [1.29, 1.82) is 0 Å². The monoisotopic (exact) mass is 214 g/mol. The molecular formula is C14H14O2. The molecule has 3 rings (SSSR count). The molecular weight excluding hydrogens is 200 g/mol. The molecule has 0 aliphatic heterocycles. The number of aliphatic hydroxyl groups is 1. The van der Waals surface area contributed by atoms with Crippen LogP contribution >= 0.6 is 0 Å². The molecule has 2 nitrogen and oxygen atoms in total. The maximum Gasteiger partial charge on any atom is 0.116 e. The Bertz CT molecular complexity index is 541. The van der Waals surface area contributed by atoms with E-state index in [0.717, 1.165) is 23.6 Å². The summed E-state index contributed by atoms with van der Waals surface area (Å²) in [6, 6.07) is 11.6. The van der Waals surface area contributed by atoms with Gasteiger partial charge in [0.25, 0.3) is 0 Å². The molecule has 0 aromatic heterocycles. The van der Waals surface area contributed by atoms with Crippen LogP contribution in [0.25, 0.3) is 10.8 Å². The third kappa shape index (κ3) is 1.38. The van der Waals surface area contributed by atoms with Gasteiger partial charge >= 0.3 is 0 Å². The van der Waals surface area contributed by atoms with Gasteiger partial charge in [-0.1, -0.05) is 24.3 Å². The van der Waals surface area contributed by atoms with E-state index in [1.54, 1.807) is 12.1 Å². The molecule has 82 valence electrons. The highest BCUT2D eigenvalue weighted by Crippen LogP contribution is 2.48. The van der Waals surface area contributed by atoms with E-state index in [1.165, 1.54) is 5.56 Å². The molecule has 1 saturated carbocycles. The van der Waals surface area contributed by atoms with Crippen LogP contribution in [-0.4, -0.2) is 16.8 Å². The Labute approximate surface area is 94.2 Å². The number of aliphatic hydroxyl groups excluding tert-OH is 1. The van der Waals surface area contributed by atoms with Crippen molar-refractivity contribution >= 4 is 10.8 Å². The number of phenols is 1. The fourth-order valence-corrected chi connectivity index (χ4v) is 2.25. The summed E-state index contributed by atoms with van der Waals surface area (Å²) in [6.07, 6.45) is 2.15. The minimum absolute atomic E-state index is 0.0199. The Morgan fingerprint density at radius 3 is 2.38 bits per heavy atom. The highest BCUT2D eigenvalue weighted by Gasteiger charge is 2.43. The first kappa shape index (κ1) is 9.67. The smallest absolute Gasteiger partial charge is 0.116 e. The lowest BCUT2D eigenvalue weighted by atomic mass is 9.94. The summed E-state index contributed by atoms with van der Waals surface area (Å²) in [5, 5.41) is 20.9. The van der Waals surface area contributed by atoms with Crippen molar-refractivity contribution in [3.8, 4) is 5.75 Å². The highest BCUT2D eigenvalue weighted by atomic mass is 16.3. The molecule has 1 fully saturated rings. The predicted octanol–water partition coefficient (Wildman–Crippen LogP) is 2.57. The normalized spacial score (nSPS) is 17.6. The van der Waals surface area contributed by atoms with Gasteiger partial charge in [-0.15, -0.1) is 0 Å². The van der Waals surface area contributed by atoms with Crippen molar-refractivity contribution in [2.75, 3.05) is 6.61 Å². The molecule has 0 heterocycles. The van der Waals surface area contributed by atoms with Gasteiger partial charge in [0.1, 0.15) is 5.75 Å². The summed E-state index contributed by atoms with van der Waals surface area (Å²) in [5.74, 6) is 0.295. The second kappa shape index (κ2) is 3.22. The van der Waals surface area contributed by atoms with Crippen molar-refractivity contribution in [3.63, 3.8) is 0 Å². The van der Waals surface area contributed by atoms with Crippen molar-refractivity contribution in [2.45, 2.75) is 18.3 Å². The molecule has 0 atom stereocenters. The van der Waals surface area contributed by atoms with Gasteiger partial charge in [0.05, 0.1) is 6.61 Å². The summed E-state index contributed by atoms with van der Waals surface area (Å²) in [7, 11) is 0. The maximum absolute atomic E-state index is 9.39. The number of fused-ring (bicyclic) bond motifs is 1. The van der Waals surface area contributed by atoms with Crippen LogP contribution in [0.15, 0.2) is 36.4 Å². The average Bonchev–Trinajstić information content (AvgIpc) is 3.09. The molecule has 16 heavy (non-hydrogen) atoms. The van der Waals surface area contributed by atoms with Crippen LogP contribution in [0.4, 0.5) is 0 Å². The van der Waals surface area contributed by atoms with Crippen molar-refractivity contribution in [3.05, 3.63) is 42.0 Å². The highest BCUT2D eigenvalue weighted by molar-refractivity contribution is 5.84. The first-order chi connectivity index (χ1) is 7.73. The predicted molar refractivity (Wildman–Crippen MR) is 63.6 cm³/mol. The summed E-state index contributed by atoms with van der Waals surface area (Å²) >= 11 is 0. The first-order valence-electron chi connectivity index (χ1n) is 5.58. The van der Waals surface area contributed by atoms with Gasteiger partial charge in [-0.05, 0) is 41.3 Å². The summed E-state index contributed by atoms with van der Waals surface area (Å²) in [4.78, 5) is 0. The zero-order chi connectivity index (χ0) is 11.2. The third-order valence-corrected chi connectivity index (χ3v) is 3.59. The Morgan fingerprint density at radius 1 is 1.00 bits per heavy atom. The molecule has 1 aliphatic carbocycles. The van der Waals surface area contributed by atoms with Gasteiger partial charge in [0.15, 0.2) is 0 Å². The van der Waals surface area contributed by atoms with Crippen molar-refractivity contribution < 1.29 is 10.2 Å². The SMILES string of the molecule is OCC1(c2ccc3cc(O)ccc3c2)CC1. The minimum Gasteiger partial charge on any atom is -0.508 e.